The van der Waals surface area contributed by atoms with Gasteiger partial charge >= 0.3 is 5.97 Å². The van der Waals surface area contributed by atoms with Crippen LogP contribution in [0.5, 0.6) is 0 Å². The van der Waals surface area contributed by atoms with Crippen molar-refractivity contribution in [3.05, 3.63) is 29.5 Å². The molecule has 0 fully saturated rings. The summed E-state index contributed by atoms with van der Waals surface area (Å²) in [6.45, 7) is 2.08. The van der Waals surface area contributed by atoms with E-state index in [0.717, 1.165) is 23.1 Å². The van der Waals surface area contributed by atoms with E-state index < -0.39 is 5.97 Å². The van der Waals surface area contributed by atoms with Crippen molar-refractivity contribution >= 4 is 16.9 Å². The molecule has 0 amide bonds. The first-order valence-electron chi connectivity index (χ1n) is 5.29. The van der Waals surface area contributed by atoms with Gasteiger partial charge in [-0.15, -0.1) is 0 Å². The van der Waals surface area contributed by atoms with Gasteiger partial charge in [-0.3, -0.25) is 4.79 Å². The van der Waals surface area contributed by atoms with Crippen molar-refractivity contribution in [2.24, 2.45) is 0 Å². The molecule has 0 radical (unpaired) electrons. The second-order valence-corrected chi connectivity index (χ2v) is 3.71. The number of aromatic nitrogens is 1. The summed E-state index contributed by atoms with van der Waals surface area (Å²) in [7, 11) is 0. The topological polar surface area (TPSA) is 63.3 Å². The minimum atomic E-state index is -0.817. The minimum Gasteiger partial charge on any atom is -0.481 e. The van der Waals surface area contributed by atoms with Crippen molar-refractivity contribution in [2.45, 2.75) is 26.2 Å². The molecule has 0 aliphatic rings. The largest absolute Gasteiger partial charge is 0.481 e. The van der Waals surface area contributed by atoms with E-state index in [1.165, 1.54) is 5.56 Å². The van der Waals surface area contributed by atoms with Crippen LogP contribution in [0, 0.1) is 0 Å². The Morgan fingerprint density at radius 1 is 1.50 bits per heavy atom. The molecule has 0 aliphatic heterocycles. The van der Waals surface area contributed by atoms with E-state index in [4.69, 9.17) is 9.63 Å². The number of aliphatic carboxylic acids is 1. The van der Waals surface area contributed by atoms with Crippen LogP contribution in [0.15, 0.2) is 22.7 Å². The molecule has 2 rings (SSSR count). The predicted octanol–water partition coefficient (Wildman–Crippen LogP) is 2.41. The zero-order chi connectivity index (χ0) is 11.5. The average molecular weight is 219 g/mol. The molecule has 1 N–H and O–H groups in total. The quantitative estimate of drug-likeness (QED) is 0.857. The third-order valence-electron chi connectivity index (χ3n) is 2.59. The molecule has 0 spiro atoms. The van der Waals surface area contributed by atoms with Crippen LogP contribution in [-0.2, 0) is 17.6 Å². The zero-order valence-corrected chi connectivity index (χ0v) is 9.06. The SMILES string of the molecule is CCc1ccc2onc(CCC(=O)O)c2c1. The summed E-state index contributed by atoms with van der Waals surface area (Å²) in [6, 6.07) is 5.89. The molecular formula is C12H13NO3. The Labute approximate surface area is 92.9 Å². The molecule has 0 atom stereocenters. The third kappa shape index (κ3) is 2.05. The first kappa shape index (κ1) is 10.7. The van der Waals surface area contributed by atoms with Crippen LogP contribution >= 0.6 is 0 Å². The first-order chi connectivity index (χ1) is 7.70. The van der Waals surface area contributed by atoms with Crippen LogP contribution in [0.1, 0.15) is 24.6 Å². The fraction of sp³-hybridized carbons (Fsp3) is 0.333. The lowest BCUT2D eigenvalue weighted by Gasteiger charge is -1.96. The lowest BCUT2D eigenvalue weighted by Crippen LogP contribution is -1.97. The number of carbonyl (C=O) groups is 1. The van der Waals surface area contributed by atoms with Gasteiger partial charge in [-0.05, 0) is 24.1 Å². The highest BCUT2D eigenvalue weighted by molar-refractivity contribution is 5.80. The summed E-state index contributed by atoms with van der Waals surface area (Å²) in [6.07, 6.45) is 1.44. The van der Waals surface area contributed by atoms with Crippen LogP contribution < -0.4 is 0 Å². The molecule has 84 valence electrons. The van der Waals surface area contributed by atoms with Gasteiger partial charge in [-0.25, -0.2) is 0 Å². The van der Waals surface area contributed by atoms with E-state index in [1.807, 2.05) is 18.2 Å². The van der Waals surface area contributed by atoms with E-state index >= 15 is 0 Å². The molecule has 1 aromatic heterocycles. The standard InChI is InChI=1S/C12H13NO3/c1-2-8-3-5-11-9(7-8)10(13-16-11)4-6-12(14)15/h3,5,7H,2,4,6H2,1H3,(H,14,15). The summed E-state index contributed by atoms with van der Waals surface area (Å²) in [5.74, 6) is -0.817. The molecular weight excluding hydrogens is 206 g/mol. The van der Waals surface area contributed by atoms with Gasteiger partial charge in [0.15, 0.2) is 5.58 Å². The Balaban J connectivity index is 2.34. The van der Waals surface area contributed by atoms with E-state index in [2.05, 4.69) is 12.1 Å². The molecule has 0 saturated carbocycles. The Bertz CT molecular complexity index is 516. The molecule has 0 saturated heterocycles. The maximum absolute atomic E-state index is 10.5. The number of nitrogens with zero attached hydrogens (tertiary/aromatic N) is 1. The van der Waals surface area contributed by atoms with Gasteiger partial charge < -0.3 is 9.63 Å². The number of hydrogen-bond donors (Lipinski definition) is 1. The van der Waals surface area contributed by atoms with Crippen molar-refractivity contribution in [1.82, 2.24) is 5.16 Å². The molecule has 1 heterocycles. The van der Waals surface area contributed by atoms with Crippen molar-refractivity contribution in [3.8, 4) is 0 Å². The highest BCUT2D eigenvalue weighted by Crippen LogP contribution is 2.21. The highest BCUT2D eigenvalue weighted by Gasteiger charge is 2.09. The van der Waals surface area contributed by atoms with Gasteiger partial charge in [-0.2, -0.15) is 0 Å². The number of carboxylic acids is 1. The normalized spacial score (nSPS) is 10.8. The second-order valence-electron chi connectivity index (χ2n) is 3.71. The number of fused-ring (bicyclic) bond motifs is 1. The smallest absolute Gasteiger partial charge is 0.303 e. The summed E-state index contributed by atoms with van der Waals surface area (Å²) < 4.78 is 5.14. The Morgan fingerprint density at radius 2 is 2.31 bits per heavy atom. The summed E-state index contributed by atoms with van der Waals surface area (Å²) in [5, 5.41) is 13.5. The molecule has 0 bridgehead atoms. The molecule has 0 unspecified atom stereocenters. The molecule has 1 aromatic carbocycles. The number of benzene rings is 1. The fourth-order valence-corrected chi connectivity index (χ4v) is 1.66. The average Bonchev–Trinajstić information content (AvgIpc) is 2.68. The fourth-order valence-electron chi connectivity index (χ4n) is 1.66. The van der Waals surface area contributed by atoms with Crippen LogP contribution in [0.4, 0.5) is 0 Å². The van der Waals surface area contributed by atoms with Crippen molar-refractivity contribution < 1.29 is 14.4 Å². The van der Waals surface area contributed by atoms with E-state index in [0.29, 0.717) is 6.42 Å². The van der Waals surface area contributed by atoms with Crippen molar-refractivity contribution in [2.75, 3.05) is 0 Å². The summed E-state index contributed by atoms with van der Waals surface area (Å²) in [5.41, 5.74) is 2.65. The van der Waals surface area contributed by atoms with Gasteiger partial charge in [-0.1, -0.05) is 18.1 Å². The van der Waals surface area contributed by atoms with E-state index in [1.54, 1.807) is 0 Å². The van der Waals surface area contributed by atoms with Gasteiger partial charge in [0.25, 0.3) is 0 Å². The molecule has 16 heavy (non-hydrogen) atoms. The van der Waals surface area contributed by atoms with Crippen LogP contribution in [-0.4, -0.2) is 16.2 Å². The summed E-state index contributed by atoms with van der Waals surface area (Å²) >= 11 is 0. The monoisotopic (exact) mass is 219 g/mol. The predicted molar refractivity (Wildman–Crippen MR) is 59.3 cm³/mol. The van der Waals surface area contributed by atoms with Crippen molar-refractivity contribution in [1.29, 1.82) is 0 Å². The highest BCUT2D eigenvalue weighted by atomic mass is 16.5. The van der Waals surface area contributed by atoms with Gasteiger partial charge in [0.2, 0.25) is 0 Å². The van der Waals surface area contributed by atoms with Gasteiger partial charge in [0.1, 0.15) is 0 Å². The Kier molecular flexibility index (Phi) is 2.90. The third-order valence-corrected chi connectivity index (χ3v) is 2.59. The maximum Gasteiger partial charge on any atom is 0.303 e. The summed E-state index contributed by atoms with van der Waals surface area (Å²) in [4.78, 5) is 10.5. The minimum absolute atomic E-state index is 0.0813. The lowest BCUT2D eigenvalue weighted by atomic mass is 10.1. The van der Waals surface area contributed by atoms with Gasteiger partial charge in [0.05, 0.1) is 12.1 Å². The van der Waals surface area contributed by atoms with Crippen LogP contribution in [0.25, 0.3) is 11.0 Å². The number of aryl methyl sites for hydroxylation is 2. The maximum atomic E-state index is 10.5. The first-order valence-corrected chi connectivity index (χ1v) is 5.29. The zero-order valence-electron chi connectivity index (χ0n) is 9.06. The van der Waals surface area contributed by atoms with Crippen molar-refractivity contribution in [3.63, 3.8) is 0 Å². The van der Waals surface area contributed by atoms with E-state index in [9.17, 15) is 4.79 Å². The molecule has 2 aromatic rings. The lowest BCUT2D eigenvalue weighted by molar-refractivity contribution is -0.136. The van der Waals surface area contributed by atoms with E-state index in [-0.39, 0.29) is 6.42 Å². The Morgan fingerprint density at radius 3 is 3.00 bits per heavy atom. The second kappa shape index (κ2) is 4.35. The number of hydrogen-bond acceptors (Lipinski definition) is 3. The van der Waals surface area contributed by atoms with Crippen LogP contribution in [0.3, 0.4) is 0 Å². The molecule has 4 nitrogen and oxygen atoms in total. The number of rotatable bonds is 4. The number of carboxylic acid groups (broad SMARTS) is 1. The van der Waals surface area contributed by atoms with Gasteiger partial charge in [0, 0.05) is 11.8 Å². The molecule has 4 heteroatoms. The Hall–Kier alpha value is -1.84. The van der Waals surface area contributed by atoms with Crippen LogP contribution in [0.2, 0.25) is 0 Å². The molecule has 0 aliphatic carbocycles.